The van der Waals surface area contributed by atoms with Crippen LogP contribution in [0.2, 0.25) is 0 Å². The number of likely N-dealkylation sites (N-methyl/N-ethyl adjacent to an activating group) is 1. The lowest BCUT2D eigenvalue weighted by atomic mass is 9.90. The minimum absolute atomic E-state index is 0.0107. The minimum Gasteiger partial charge on any atom is -0.342 e. The van der Waals surface area contributed by atoms with E-state index in [1.54, 1.807) is 18.2 Å². The van der Waals surface area contributed by atoms with E-state index in [4.69, 9.17) is 4.18 Å². The van der Waals surface area contributed by atoms with Crippen molar-refractivity contribution in [2.75, 3.05) is 13.6 Å². The molecule has 0 aliphatic carbocycles. The lowest BCUT2D eigenvalue weighted by Gasteiger charge is -2.34. The molecule has 3 rings (SSSR count). The summed E-state index contributed by atoms with van der Waals surface area (Å²) in [6.45, 7) is 0.916. The molecule has 2 aromatic carbocycles. The second-order valence-electron chi connectivity index (χ2n) is 6.21. The van der Waals surface area contributed by atoms with Gasteiger partial charge in [-0.15, -0.1) is 0 Å². The molecule has 1 unspecified atom stereocenters. The predicted octanol–water partition coefficient (Wildman–Crippen LogP) is 2.93. The molecule has 1 heterocycles. The zero-order valence-corrected chi connectivity index (χ0v) is 14.9. The molecule has 2 aromatic rings. The molecule has 1 aliphatic heterocycles. The number of fused-ring (bicyclic) bond motifs is 1. The normalized spacial score (nSPS) is 17.7. The second-order valence-corrected chi connectivity index (χ2v) is 7.75. The molecule has 0 amide bonds. The molecule has 5 nitrogen and oxygen atoms in total. The Morgan fingerprint density at radius 1 is 1.12 bits per heavy atom. The van der Waals surface area contributed by atoms with E-state index in [1.807, 2.05) is 19.2 Å². The molecular formula is C19H21NO4S. The van der Waals surface area contributed by atoms with E-state index >= 15 is 0 Å². The largest absolute Gasteiger partial charge is 0.342 e. The zero-order chi connectivity index (χ0) is 17.9. The van der Waals surface area contributed by atoms with Crippen molar-refractivity contribution in [1.82, 2.24) is 4.90 Å². The Balaban J connectivity index is 1.65. The van der Waals surface area contributed by atoms with Crippen LogP contribution >= 0.6 is 0 Å². The summed E-state index contributed by atoms with van der Waals surface area (Å²) in [6, 6.07) is 16.0. The molecule has 25 heavy (non-hydrogen) atoms. The highest BCUT2D eigenvalue weighted by molar-refractivity contribution is 7.87. The molecule has 0 fully saturated rings. The fraction of sp³-hybridized carbons (Fsp3) is 0.316. The third kappa shape index (κ3) is 4.08. The average molecular weight is 359 g/mol. The molecule has 6 heteroatoms. The molecule has 132 valence electrons. The van der Waals surface area contributed by atoms with Crippen LogP contribution in [0.5, 0.6) is 0 Å². The number of carbonyl (C=O) groups is 1. The minimum atomic E-state index is -4.05. The maximum atomic E-state index is 12.1. The fourth-order valence-electron chi connectivity index (χ4n) is 3.21. The highest BCUT2D eigenvalue weighted by atomic mass is 32.2. The van der Waals surface area contributed by atoms with Crippen molar-refractivity contribution in [3.63, 3.8) is 0 Å². The lowest BCUT2D eigenvalue weighted by molar-refractivity contribution is -0.134. The van der Waals surface area contributed by atoms with Crippen LogP contribution in [0, 0.1) is 0 Å². The lowest BCUT2D eigenvalue weighted by Crippen LogP contribution is -2.32. The molecule has 0 saturated heterocycles. The zero-order valence-electron chi connectivity index (χ0n) is 14.1. The van der Waals surface area contributed by atoms with Crippen molar-refractivity contribution in [2.24, 2.45) is 0 Å². The molecule has 1 aliphatic rings. The first-order valence-corrected chi connectivity index (χ1v) is 9.68. The van der Waals surface area contributed by atoms with Crippen molar-refractivity contribution >= 4 is 16.1 Å². The number of hydrogen-bond acceptors (Lipinski definition) is 5. The summed E-state index contributed by atoms with van der Waals surface area (Å²) in [5, 5.41) is 0. The van der Waals surface area contributed by atoms with Gasteiger partial charge in [0.15, 0.2) is 0 Å². The maximum Gasteiger partial charge on any atom is 0.341 e. The summed E-state index contributed by atoms with van der Waals surface area (Å²) in [6.07, 6.45) is 1.56. The van der Waals surface area contributed by atoms with Gasteiger partial charge >= 0.3 is 16.1 Å². The Morgan fingerprint density at radius 3 is 2.56 bits per heavy atom. The van der Waals surface area contributed by atoms with Gasteiger partial charge in [0.2, 0.25) is 0 Å². The fourth-order valence-corrected chi connectivity index (χ4v) is 4.12. The predicted molar refractivity (Wildman–Crippen MR) is 94.5 cm³/mol. The molecule has 0 spiro atoms. The molecule has 0 N–H and O–H groups in total. The molecule has 0 radical (unpaired) electrons. The summed E-state index contributed by atoms with van der Waals surface area (Å²) in [4.78, 5) is 14.3. The van der Waals surface area contributed by atoms with Crippen LogP contribution in [0.3, 0.4) is 0 Å². The van der Waals surface area contributed by atoms with Gasteiger partial charge < -0.3 is 4.18 Å². The Kier molecular flexibility index (Phi) is 5.20. The summed E-state index contributed by atoms with van der Waals surface area (Å²) in [7, 11) is -2.03. The first-order chi connectivity index (χ1) is 12.0. The first-order valence-electron chi connectivity index (χ1n) is 8.28. The monoisotopic (exact) mass is 359 g/mol. The van der Waals surface area contributed by atoms with E-state index in [0.717, 1.165) is 13.0 Å². The van der Waals surface area contributed by atoms with Crippen LogP contribution < -0.4 is 0 Å². The van der Waals surface area contributed by atoms with Gasteiger partial charge in [0.05, 0.1) is 0 Å². The van der Waals surface area contributed by atoms with Gasteiger partial charge in [-0.1, -0.05) is 42.5 Å². The van der Waals surface area contributed by atoms with Gasteiger partial charge in [-0.2, -0.15) is 8.42 Å². The van der Waals surface area contributed by atoms with Crippen LogP contribution in [0.1, 0.15) is 30.0 Å². The second kappa shape index (κ2) is 7.37. The summed E-state index contributed by atoms with van der Waals surface area (Å²) in [5.74, 6) is -0.722. The Bertz CT molecular complexity index is 849. The van der Waals surface area contributed by atoms with Gasteiger partial charge in [-0.05, 0) is 43.1 Å². The number of carbonyl (C=O) groups excluding carboxylic acids is 1. The number of nitrogens with zero attached hydrogens (tertiary/aromatic N) is 1. The highest BCUT2D eigenvalue weighted by Crippen LogP contribution is 2.32. The molecule has 1 atom stereocenters. The van der Waals surface area contributed by atoms with E-state index in [0.29, 0.717) is 6.42 Å². The van der Waals surface area contributed by atoms with Crippen LogP contribution in [-0.2, 0) is 25.5 Å². The van der Waals surface area contributed by atoms with Crippen molar-refractivity contribution in [1.29, 1.82) is 0 Å². The van der Waals surface area contributed by atoms with Gasteiger partial charge in [0.1, 0.15) is 4.90 Å². The molecule has 0 aromatic heterocycles. The van der Waals surface area contributed by atoms with Gasteiger partial charge in [0, 0.05) is 19.0 Å². The third-order valence-electron chi connectivity index (χ3n) is 4.54. The summed E-state index contributed by atoms with van der Waals surface area (Å²) >= 11 is 0. The van der Waals surface area contributed by atoms with Crippen molar-refractivity contribution in [2.45, 2.75) is 30.2 Å². The molecule has 0 saturated carbocycles. The SMILES string of the molecule is CN1CCc2ccccc2C1CCC(=O)OS(=O)(=O)c1ccccc1. The maximum absolute atomic E-state index is 12.1. The topological polar surface area (TPSA) is 63.7 Å². The number of benzene rings is 2. The van der Waals surface area contributed by atoms with E-state index in [-0.39, 0.29) is 17.4 Å². The third-order valence-corrected chi connectivity index (χ3v) is 5.79. The quantitative estimate of drug-likeness (QED) is 0.768. The smallest absolute Gasteiger partial charge is 0.341 e. The van der Waals surface area contributed by atoms with Crippen molar-refractivity contribution in [3.8, 4) is 0 Å². The highest BCUT2D eigenvalue weighted by Gasteiger charge is 2.26. The first kappa shape index (κ1) is 17.6. The molecular weight excluding hydrogens is 338 g/mol. The van der Waals surface area contributed by atoms with Crippen LogP contribution in [-0.4, -0.2) is 32.9 Å². The van der Waals surface area contributed by atoms with E-state index in [2.05, 4.69) is 17.0 Å². The Hall–Kier alpha value is -2.18. The average Bonchev–Trinajstić information content (AvgIpc) is 2.61. The molecule has 0 bridgehead atoms. The van der Waals surface area contributed by atoms with Gasteiger partial charge in [-0.3, -0.25) is 9.69 Å². The van der Waals surface area contributed by atoms with Crippen molar-refractivity contribution < 1.29 is 17.4 Å². The van der Waals surface area contributed by atoms with E-state index < -0.39 is 16.1 Å². The van der Waals surface area contributed by atoms with Crippen LogP contribution in [0.15, 0.2) is 59.5 Å². The number of hydrogen-bond donors (Lipinski definition) is 0. The summed E-state index contributed by atoms with van der Waals surface area (Å²) in [5.41, 5.74) is 2.49. The Labute approximate surface area is 148 Å². The van der Waals surface area contributed by atoms with Gasteiger partial charge in [-0.25, -0.2) is 0 Å². The van der Waals surface area contributed by atoms with Crippen LogP contribution in [0.25, 0.3) is 0 Å². The van der Waals surface area contributed by atoms with Gasteiger partial charge in [0.25, 0.3) is 0 Å². The number of rotatable bonds is 5. The van der Waals surface area contributed by atoms with Crippen molar-refractivity contribution in [3.05, 3.63) is 65.7 Å². The van der Waals surface area contributed by atoms with Crippen LogP contribution in [0.4, 0.5) is 0 Å². The summed E-state index contributed by atoms with van der Waals surface area (Å²) < 4.78 is 29.0. The standard InChI is InChI=1S/C19H21NO4S/c1-20-14-13-15-7-5-6-10-17(15)18(20)11-12-19(21)24-25(22,23)16-8-3-2-4-9-16/h2-10,18H,11-14H2,1H3. The van der Waals surface area contributed by atoms with E-state index in [9.17, 15) is 13.2 Å². The Morgan fingerprint density at radius 2 is 1.80 bits per heavy atom. The van der Waals surface area contributed by atoms with E-state index in [1.165, 1.54) is 23.3 Å².